The van der Waals surface area contributed by atoms with E-state index in [4.69, 9.17) is 16.0 Å². The van der Waals surface area contributed by atoms with Crippen LogP contribution >= 0.6 is 22.9 Å². The average molecular weight is 489 g/mol. The minimum absolute atomic E-state index is 0.0397. The monoisotopic (exact) mass is 488 g/mol. The fourth-order valence-corrected chi connectivity index (χ4v) is 4.05. The topological polar surface area (TPSA) is 101 Å². The second kappa shape index (κ2) is 9.42. The number of benzene rings is 3. The van der Waals surface area contributed by atoms with E-state index in [1.807, 2.05) is 61.5 Å². The molecule has 2 aromatic heterocycles. The Kier molecular flexibility index (Phi) is 6.03. The average Bonchev–Trinajstić information content (AvgIpc) is 3.44. The zero-order chi connectivity index (χ0) is 23.5. The zero-order valence-corrected chi connectivity index (χ0v) is 19.4. The Bertz CT molecular complexity index is 1520. The molecule has 0 saturated carbocycles. The highest BCUT2D eigenvalue weighted by Gasteiger charge is 2.16. The third kappa shape index (κ3) is 4.66. The van der Waals surface area contributed by atoms with Gasteiger partial charge in [0, 0.05) is 10.6 Å². The molecule has 5 aromatic rings. The van der Waals surface area contributed by atoms with E-state index in [0.717, 1.165) is 22.5 Å². The summed E-state index contributed by atoms with van der Waals surface area (Å²) in [6, 6.07) is 24.0. The van der Waals surface area contributed by atoms with Gasteiger partial charge in [-0.1, -0.05) is 63.9 Å². The maximum absolute atomic E-state index is 11.0. The zero-order valence-electron chi connectivity index (χ0n) is 17.8. The summed E-state index contributed by atoms with van der Waals surface area (Å²) in [6.07, 6.45) is 0. The van der Waals surface area contributed by atoms with Crippen LogP contribution in [0.3, 0.4) is 0 Å². The maximum Gasteiger partial charge on any atom is 0.345 e. The quantitative estimate of drug-likeness (QED) is 0.272. The molecule has 0 aliphatic heterocycles. The molecule has 0 atom stereocenters. The van der Waals surface area contributed by atoms with Crippen molar-refractivity contribution in [1.82, 2.24) is 14.8 Å². The van der Waals surface area contributed by atoms with Crippen LogP contribution in [0.4, 0.5) is 16.7 Å². The van der Waals surface area contributed by atoms with Crippen molar-refractivity contribution in [3.63, 3.8) is 0 Å². The van der Waals surface area contributed by atoms with Gasteiger partial charge in [0.05, 0.1) is 11.4 Å². The predicted octanol–water partition coefficient (Wildman–Crippen LogP) is 6.90. The van der Waals surface area contributed by atoms with Gasteiger partial charge in [0.2, 0.25) is 21.6 Å². The number of azo groups is 1. The van der Waals surface area contributed by atoms with Gasteiger partial charge in [0.15, 0.2) is 0 Å². The Morgan fingerprint density at radius 3 is 2.38 bits per heavy atom. The molecule has 2 heterocycles. The highest BCUT2D eigenvalue weighted by molar-refractivity contribution is 7.13. The first-order chi connectivity index (χ1) is 16.6. The molecular weight excluding hydrogens is 472 g/mol. The normalized spacial score (nSPS) is 12.0. The molecule has 0 spiro atoms. The summed E-state index contributed by atoms with van der Waals surface area (Å²) in [5, 5.41) is 28.4. The minimum atomic E-state index is -0.0942. The molecule has 0 amide bonds. The summed E-state index contributed by atoms with van der Waals surface area (Å²) in [4.78, 5) is 4.88. The summed E-state index contributed by atoms with van der Waals surface area (Å²) >= 11 is 7.10. The second-order valence-corrected chi connectivity index (χ2v) is 8.62. The number of para-hydroxylation sites is 1. The van der Waals surface area contributed by atoms with Crippen LogP contribution in [0.15, 0.2) is 98.5 Å². The maximum atomic E-state index is 11.0. The molecule has 168 valence electrons. The summed E-state index contributed by atoms with van der Waals surface area (Å²) in [5.74, 6) is 0.213. The van der Waals surface area contributed by atoms with Gasteiger partial charge < -0.3 is 9.52 Å². The van der Waals surface area contributed by atoms with Gasteiger partial charge in [0.25, 0.3) is 0 Å². The first-order valence-electron chi connectivity index (χ1n) is 10.2. The van der Waals surface area contributed by atoms with Gasteiger partial charge in [0.1, 0.15) is 0 Å². The van der Waals surface area contributed by atoms with Gasteiger partial charge in [-0.05, 0) is 55.5 Å². The van der Waals surface area contributed by atoms with Crippen LogP contribution in [0.1, 0.15) is 5.56 Å². The number of hydrogen-bond donors (Lipinski definition) is 1. The number of hydrogen-bond acceptors (Lipinski definition) is 8. The third-order valence-electron chi connectivity index (χ3n) is 4.78. The van der Waals surface area contributed by atoms with E-state index in [0.29, 0.717) is 32.1 Å². The molecule has 1 N–H and O–H groups in total. The SMILES string of the molecule is Cc1ccc(N=Nc2sc(=Nc3nnc(-c4ccc(Cl)cc4)o3)n(-c3ccccc3)c2O)cc1. The molecule has 0 bridgehead atoms. The van der Waals surface area contributed by atoms with Gasteiger partial charge in [-0.15, -0.1) is 15.3 Å². The lowest BCUT2D eigenvalue weighted by Gasteiger charge is -2.03. The van der Waals surface area contributed by atoms with E-state index >= 15 is 0 Å². The van der Waals surface area contributed by atoms with Crippen molar-refractivity contribution in [3.05, 3.63) is 94.3 Å². The molecule has 0 saturated heterocycles. The Morgan fingerprint density at radius 1 is 0.912 bits per heavy atom. The van der Waals surface area contributed by atoms with E-state index in [2.05, 4.69) is 25.4 Å². The highest BCUT2D eigenvalue weighted by Crippen LogP contribution is 2.34. The van der Waals surface area contributed by atoms with E-state index in [-0.39, 0.29) is 11.9 Å². The molecule has 3 aromatic carbocycles. The summed E-state index contributed by atoms with van der Waals surface area (Å²) in [6.45, 7) is 2.00. The Hall–Kier alpha value is -4.08. The number of aromatic nitrogens is 3. The summed E-state index contributed by atoms with van der Waals surface area (Å²) < 4.78 is 7.28. The Balaban J connectivity index is 1.57. The molecule has 34 heavy (non-hydrogen) atoms. The lowest BCUT2D eigenvalue weighted by Crippen LogP contribution is -2.11. The van der Waals surface area contributed by atoms with Crippen molar-refractivity contribution >= 4 is 39.6 Å². The van der Waals surface area contributed by atoms with E-state index in [1.165, 1.54) is 0 Å². The Morgan fingerprint density at radius 2 is 1.65 bits per heavy atom. The van der Waals surface area contributed by atoms with Gasteiger partial charge in [-0.2, -0.15) is 4.99 Å². The summed E-state index contributed by atoms with van der Waals surface area (Å²) in [5.41, 5.74) is 3.21. The van der Waals surface area contributed by atoms with Crippen molar-refractivity contribution in [3.8, 4) is 23.0 Å². The van der Waals surface area contributed by atoms with Crippen LogP contribution in [0.25, 0.3) is 17.1 Å². The summed E-state index contributed by atoms with van der Waals surface area (Å²) in [7, 11) is 0. The molecule has 0 aliphatic rings. The van der Waals surface area contributed by atoms with Crippen LogP contribution in [0, 0.1) is 6.92 Å². The highest BCUT2D eigenvalue weighted by atomic mass is 35.5. The van der Waals surface area contributed by atoms with Gasteiger partial charge in [-0.25, -0.2) is 0 Å². The van der Waals surface area contributed by atoms with Crippen LogP contribution in [-0.4, -0.2) is 19.9 Å². The molecule has 0 unspecified atom stereocenters. The molecule has 0 radical (unpaired) electrons. The largest absolute Gasteiger partial charge is 0.492 e. The van der Waals surface area contributed by atoms with E-state index in [9.17, 15) is 5.11 Å². The second-order valence-electron chi connectivity index (χ2n) is 7.23. The molecule has 5 rings (SSSR count). The van der Waals surface area contributed by atoms with Gasteiger partial charge in [-0.3, -0.25) is 4.57 Å². The lowest BCUT2D eigenvalue weighted by atomic mass is 10.2. The van der Waals surface area contributed by atoms with Crippen molar-refractivity contribution in [2.75, 3.05) is 0 Å². The fourth-order valence-electron chi connectivity index (χ4n) is 3.08. The molecule has 0 aliphatic carbocycles. The number of rotatable bonds is 5. The lowest BCUT2D eigenvalue weighted by molar-refractivity contribution is 0.441. The van der Waals surface area contributed by atoms with Crippen LogP contribution < -0.4 is 4.80 Å². The number of aromatic hydroxyl groups is 1. The van der Waals surface area contributed by atoms with Gasteiger partial charge >= 0.3 is 6.01 Å². The standard InChI is InChI=1S/C24H17ClN6O2S/c1-15-7-13-18(14-8-15)27-29-21-22(32)31(19-5-3-2-4-6-19)24(34-21)26-23-30-28-20(33-23)16-9-11-17(25)12-10-16/h2-14,32H,1H3. The van der Waals surface area contributed by atoms with Crippen LogP contribution in [0.2, 0.25) is 5.02 Å². The third-order valence-corrected chi connectivity index (χ3v) is 5.95. The Labute approximate surface area is 203 Å². The van der Waals surface area contributed by atoms with Crippen LogP contribution in [0.5, 0.6) is 5.88 Å². The predicted molar refractivity (Wildman–Crippen MR) is 131 cm³/mol. The van der Waals surface area contributed by atoms with Crippen molar-refractivity contribution in [2.45, 2.75) is 6.92 Å². The van der Waals surface area contributed by atoms with E-state index in [1.54, 1.807) is 28.8 Å². The molecule has 8 nitrogen and oxygen atoms in total. The van der Waals surface area contributed by atoms with Crippen molar-refractivity contribution in [1.29, 1.82) is 0 Å². The van der Waals surface area contributed by atoms with Crippen LogP contribution in [-0.2, 0) is 0 Å². The van der Waals surface area contributed by atoms with Crippen molar-refractivity contribution < 1.29 is 9.52 Å². The number of aryl methyl sites for hydroxylation is 1. The number of thiazole rings is 1. The number of halogens is 1. The number of nitrogens with zero attached hydrogens (tertiary/aromatic N) is 6. The van der Waals surface area contributed by atoms with E-state index < -0.39 is 0 Å². The molecule has 10 heteroatoms. The molecule has 0 fully saturated rings. The fraction of sp³-hybridized carbons (Fsp3) is 0.0417. The van der Waals surface area contributed by atoms with Crippen molar-refractivity contribution in [2.24, 2.45) is 15.2 Å². The minimum Gasteiger partial charge on any atom is -0.492 e. The molecular formula is C24H17ClN6O2S. The first-order valence-corrected chi connectivity index (χ1v) is 11.4. The first kappa shape index (κ1) is 21.7. The smallest absolute Gasteiger partial charge is 0.345 e.